The van der Waals surface area contributed by atoms with Crippen LogP contribution >= 0.6 is 11.8 Å². The first-order chi connectivity index (χ1) is 13.6. The number of anilines is 2. The van der Waals surface area contributed by atoms with Gasteiger partial charge in [-0.15, -0.1) is 0 Å². The van der Waals surface area contributed by atoms with Gasteiger partial charge in [0.05, 0.1) is 18.9 Å². The van der Waals surface area contributed by atoms with E-state index >= 15 is 0 Å². The van der Waals surface area contributed by atoms with Crippen LogP contribution in [0.25, 0.3) is 11.1 Å². The number of hydrogen-bond acceptors (Lipinski definition) is 9. The average molecular weight is 398 g/mol. The van der Waals surface area contributed by atoms with Crippen LogP contribution in [0, 0.1) is 0 Å². The summed E-state index contributed by atoms with van der Waals surface area (Å²) in [4.78, 5) is 41.5. The standard InChI is InChI=1S/C17H14N6O4S/c1-26-14-7-13(25)21-17(22-14)28-8-9-6-12(24)20-15(18-9)23-16-19-10-4-2-3-5-11(10)27-16/h2-7H,8H2,1H3,(H,21,22,25)(H2,18,19,20,23,24). The van der Waals surface area contributed by atoms with Crippen molar-refractivity contribution in [3.63, 3.8) is 0 Å². The second-order valence-corrected chi connectivity index (χ2v) is 6.54. The Labute approximate surface area is 161 Å². The molecular weight excluding hydrogens is 384 g/mol. The van der Waals surface area contributed by atoms with Crippen LogP contribution < -0.4 is 21.2 Å². The molecule has 28 heavy (non-hydrogen) atoms. The molecule has 4 rings (SSSR count). The summed E-state index contributed by atoms with van der Waals surface area (Å²) >= 11 is 1.22. The average Bonchev–Trinajstić information content (AvgIpc) is 3.07. The van der Waals surface area contributed by atoms with Crippen molar-refractivity contribution in [2.24, 2.45) is 0 Å². The van der Waals surface area contributed by atoms with Gasteiger partial charge in [0.2, 0.25) is 11.8 Å². The fourth-order valence-electron chi connectivity index (χ4n) is 2.40. The van der Waals surface area contributed by atoms with Crippen molar-refractivity contribution >= 4 is 34.8 Å². The summed E-state index contributed by atoms with van der Waals surface area (Å²) in [7, 11) is 1.43. The molecule has 142 valence electrons. The normalized spacial score (nSPS) is 10.9. The summed E-state index contributed by atoms with van der Waals surface area (Å²) in [6.45, 7) is 0. The van der Waals surface area contributed by atoms with Crippen LogP contribution in [0.4, 0.5) is 12.0 Å². The van der Waals surface area contributed by atoms with Crippen molar-refractivity contribution in [2.45, 2.75) is 10.9 Å². The molecule has 3 aromatic heterocycles. The van der Waals surface area contributed by atoms with Gasteiger partial charge in [-0.25, -0.2) is 4.98 Å². The number of H-pyrrole nitrogens is 2. The summed E-state index contributed by atoms with van der Waals surface area (Å²) in [5.74, 6) is 0.715. The molecule has 3 N–H and O–H groups in total. The molecule has 3 heterocycles. The number of para-hydroxylation sites is 2. The number of aromatic nitrogens is 5. The number of benzene rings is 1. The van der Waals surface area contributed by atoms with Gasteiger partial charge in [0.25, 0.3) is 11.1 Å². The highest BCUT2D eigenvalue weighted by Gasteiger charge is 2.09. The van der Waals surface area contributed by atoms with Crippen LogP contribution in [-0.4, -0.2) is 32.0 Å². The lowest BCUT2D eigenvalue weighted by Gasteiger charge is -2.05. The molecule has 0 aliphatic carbocycles. The highest BCUT2D eigenvalue weighted by molar-refractivity contribution is 7.98. The van der Waals surface area contributed by atoms with E-state index in [4.69, 9.17) is 9.15 Å². The van der Waals surface area contributed by atoms with Gasteiger partial charge in [-0.05, 0) is 12.1 Å². The van der Waals surface area contributed by atoms with Gasteiger partial charge in [-0.2, -0.15) is 9.97 Å². The van der Waals surface area contributed by atoms with Crippen molar-refractivity contribution in [2.75, 3.05) is 12.4 Å². The van der Waals surface area contributed by atoms with E-state index in [2.05, 4.69) is 30.2 Å². The third-order valence-corrected chi connectivity index (χ3v) is 4.48. The molecular formula is C17H14N6O4S. The summed E-state index contributed by atoms with van der Waals surface area (Å²) in [5.41, 5.74) is 1.12. The molecule has 0 radical (unpaired) electrons. The highest BCUT2D eigenvalue weighted by atomic mass is 32.2. The third kappa shape index (κ3) is 4.04. The minimum absolute atomic E-state index is 0.196. The monoisotopic (exact) mass is 398 g/mol. The smallest absolute Gasteiger partial charge is 0.302 e. The summed E-state index contributed by atoms with van der Waals surface area (Å²) < 4.78 is 10.5. The van der Waals surface area contributed by atoms with Crippen molar-refractivity contribution in [1.82, 2.24) is 24.9 Å². The first-order valence-corrected chi connectivity index (χ1v) is 9.08. The summed E-state index contributed by atoms with van der Waals surface area (Å²) in [6, 6.07) is 10.1. The van der Waals surface area contributed by atoms with Crippen molar-refractivity contribution < 1.29 is 9.15 Å². The lowest BCUT2D eigenvalue weighted by molar-refractivity contribution is 0.391. The number of fused-ring (bicyclic) bond motifs is 1. The van der Waals surface area contributed by atoms with E-state index in [0.29, 0.717) is 27.7 Å². The number of methoxy groups -OCH3 is 1. The quantitative estimate of drug-likeness (QED) is 0.329. The van der Waals surface area contributed by atoms with Crippen molar-refractivity contribution in [1.29, 1.82) is 0 Å². The Morgan fingerprint density at radius 2 is 1.93 bits per heavy atom. The molecule has 0 bridgehead atoms. The first kappa shape index (κ1) is 17.8. The van der Waals surface area contributed by atoms with Crippen LogP contribution in [0.15, 0.2) is 55.6 Å². The number of aromatic amines is 2. The van der Waals surface area contributed by atoms with Crippen molar-refractivity contribution in [3.05, 3.63) is 62.8 Å². The van der Waals surface area contributed by atoms with Crippen LogP contribution in [0.3, 0.4) is 0 Å². The molecule has 0 aliphatic heterocycles. The first-order valence-electron chi connectivity index (χ1n) is 8.10. The van der Waals surface area contributed by atoms with E-state index in [1.165, 1.54) is 31.0 Å². The fraction of sp³-hybridized carbons (Fsp3) is 0.118. The van der Waals surface area contributed by atoms with Gasteiger partial charge >= 0.3 is 6.01 Å². The number of nitrogens with zero attached hydrogens (tertiary/aromatic N) is 3. The van der Waals surface area contributed by atoms with Crippen LogP contribution in [0.5, 0.6) is 5.88 Å². The van der Waals surface area contributed by atoms with Crippen LogP contribution in [0.1, 0.15) is 5.69 Å². The lowest BCUT2D eigenvalue weighted by atomic mass is 10.3. The highest BCUT2D eigenvalue weighted by Crippen LogP contribution is 2.21. The Morgan fingerprint density at radius 3 is 2.75 bits per heavy atom. The molecule has 0 saturated carbocycles. The van der Waals surface area contributed by atoms with E-state index in [-0.39, 0.29) is 29.0 Å². The molecule has 0 aliphatic rings. The maximum absolute atomic E-state index is 12.0. The van der Waals surface area contributed by atoms with Crippen LogP contribution in [0.2, 0.25) is 0 Å². The Kier molecular flexibility index (Phi) is 4.81. The van der Waals surface area contributed by atoms with Gasteiger partial charge < -0.3 is 14.1 Å². The number of ether oxygens (including phenoxy) is 1. The Morgan fingerprint density at radius 1 is 1.11 bits per heavy atom. The zero-order valence-electron chi connectivity index (χ0n) is 14.6. The molecule has 0 atom stereocenters. The largest absolute Gasteiger partial charge is 0.481 e. The molecule has 11 heteroatoms. The third-order valence-electron chi connectivity index (χ3n) is 3.58. The second kappa shape index (κ2) is 7.56. The Balaban J connectivity index is 1.53. The molecule has 0 spiro atoms. The topological polar surface area (TPSA) is 139 Å². The number of oxazole rings is 1. The number of thioether (sulfide) groups is 1. The molecule has 0 saturated heterocycles. The van der Waals surface area contributed by atoms with E-state index in [9.17, 15) is 9.59 Å². The summed E-state index contributed by atoms with van der Waals surface area (Å²) in [6.07, 6.45) is 0. The number of rotatable bonds is 6. The van der Waals surface area contributed by atoms with Crippen molar-refractivity contribution in [3.8, 4) is 5.88 Å². The SMILES string of the molecule is COc1cc(=O)[nH]c(SCc2cc(=O)[nH]c(Nc3nc4ccccc4o3)n2)n1. The van der Waals surface area contributed by atoms with E-state index in [0.717, 1.165) is 0 Å². The molecule has 0 amide bonds. The lowest BCUT2D eigenvalue weighted by Crippen LogP contribution is -2.12. The Bertz CT molecular complexity index is 1220. The van der Waals surface area contributed by atoms with Gasteiger partial charge in [-0.1, -0.05) is 23.9 Å². The molecule has 4 aromatic rings. The predicted molar refractivity (Wildman–Crippen MR) is 103 cm³/mol. The van der Waals surface area contributed by atoms with Gasteiger partial charge in [0, 0.05) is 11.8 Å². The zero-order valence-corrected chi connectivity index (χ0v) is 15.4. The maximum Gasteiger partial charge on any atom is 0.302 e. The molecule has 0 fully saturated rings. The van der Waals surface area contributed by atoms with E-state index in [1.54, 1.807) is 6.07 Å². The molecule has 10 nitrogen and oxygen atoms in total. The fourth-order valence-corrected chi connectivity index (χ4v) is 3.16. The minimum atomic E-state index is -0.337. The van der Waals surface area contributed by atoms with Gasteiger partial charge in [-0.3, -0.25) is 19.9 Å². The number of nitrogens with one attached hydrogen (secondary N) is 3. The zero-order chi connectivity index (χ0) is 19.5. The number of hydrogen-bond donors (Lipinski definition) is 3. The van der Waals surface area contributed by atoms with E-state index < -0.39 is 0 Å². The molecule has 0 unspecified atom stereocenters. The summed E-state index contributed by atoms with van der Waals surface area (Å²) in [5, 5.41) is 3.21. The van der Waals surface area contributed by atoms with E-state index in [1.807, 2.05) is 18.2 Å². The second-order valence-electron chi connectivity index (χ2n) is 5.58. The predicted octanol–water partition coefficient (Wildman–Crippen LogP) is 2.04. The van der Waals surface area contributed by atoms with Crippen LogP contribution in [-0.2, 0) is 5.75 Å². The maximum atomic E-state index is 12.0. The minimum Gasteiger partial charge on any atom is -0.481 e. The van der Waals surface area contributed by atoms with Gasteiger partial charge in [0.1, 0.15) is 5.52 Å². The Hall–Kier alpha value is -3.60. The van der Waals surface area contributed by atoms with Gasteiger partial charge in [0.15, 0.2) is 10.7 Å². The molecule has 1 aromatic carbocycles.